The van der Waals surface area contributed by atoms with Crippen molar-refractivity contribution < 1.29 is 10.2 Å². The largest absolute Gasteiger partial charge is 0.393 e. The van der Waals surface area contributed by atoms with E-state index in [1.165, 1.54) is 37.7 Å². The van der Waals surface area contributed by atoms with E-state index in [4.69, 9.17) is 0 Å². The first-order valence-corrected chi connectivity index (χ1v) is 12.3. The van der Waals surface area contributed by atoms with Crippen LogP contribution in [0.2, 0.25) is 0 Å². The number of aliphatic hydroxyl groups is 2. The maximum absolute atomic E-state index is 11.5. The molecule has 164 valence electrons. The average Bonchev–Trinajstić information content (AvgIpc) is 3.00. The van der Waals surface area contributed by atoms with Gasteiger partial charge in [0.05, 0.1) is 11.7 Å². The van der Waals surface area contributed by atoms with Crippen LogP contribution < -0.4 is 0 Å². The number of rotatable bonds is 5. The predicted molar refractivity (Wildman–Crippen MR) is 120 cm³/mol. The Bertz CT molecular complexity index is 676. The summed E-state index contributed by atoms with van der Waals surface area (Å²) in [6, 6.07) is 0. The average molecular weight is 401 g/mol. The molecular weight excluding hydrogens is 356 g/mol. The summed E-state index contributed by atoms with van der Waals surface area (Å²) in [6.07, 6.45) is 14.7. The Labute approximate surface area is 178 Å². The van der Waals surface area contributed by atoms with Gasteiger partial charge in [-0.1, -0.05) is 31.1 Å². The number of hydrogen-bond acceptors (Lipinski definition) is 2. The quantitative estimate of drug-likeness (QED) is 0.522. The van der Waals surface area contributed by atoms with E-state index < -0.39 is 5.60 Å². The minimum atomic E-state index is -0.555. The van der Waals surface area contributed by atoms with Crippen molar-refractivity contribution in [2.24, 2.45) is 34.5 Å². The maximum Gasteiger partial charge on any atom is 0.0653 e. The lowest BCUT2D eigenvalue weighted by Gasteiger charge is -2.59. The van der Waals surface area contributed by atoms with Crippen molar-refractivity contribution in [1.82, 2.24) is 0 Å². The molecule has 0 amide bonds. The van der Waals surface area contributed by atoms with E-state index in [9.17, 15) is 10.2 Å². The molecule has 3 fully saturated rings. The normalized spacial score (nSPS) is 46.1. The van der Waals surface area contributed by atoms with Gasteiger partial charge in [-0.2, -0.15) is 0 Å². The lowest BCUT2D eigenvalue weighted by molar-refractivity contribution is -0.105. The molecule has 0 aliphatic heterocycles. The fraction of sp³-hybridized carbons (Fsp3) is 0.852. The highest BCUT2D eigenvalue weighted by atomic mass is 16.3. The number of fused-ring (bicyclic) bond motifs is 5. The van der Waals surface area contributed by atoms with Gasteiger partial charge >= 0.3 is 0 Å². The summed E-state index contributed by atoms with van der Waals surface area (Å²) in [5, 5.41) is 21.7. The van der Waals surface area contributed by atoms with Gasteiger partial charge in [0.2, 0.25) is 0 Å². The van der Waals surface area contributed by atoms with Crippen molar-refractivity contribution in [1.29, 1.82) is 0 Å². The molecule has 4 aliphatic rings. The Morgan fingerprint density at radius 2 is 1.93 bits per heavy atom. The molecule has 29 heavy (non-hydrogen) atoms. The zero-order valence-corrected chi connectivity index (χ0v) is 19.3. The van der Waals surface area contributed by atoms with Crippen LogP contribution in [-0.4, -0.2) is 21.9 Å². The van der Waals surface area contributed by atoms with Crippen LogP contribution in [0.3, 0.4) is 0 Å². The van der Waals surface area contributed by atoms with E-state index in [1.54, 1.807) is 5.57 Å². The Balaban J connectivity index is 1.53. The molecule has 2 N–H and O–H groups in total. The van der Waals surface area contributed by atoms with Crippen molar-refractivity contribution in [2.75, 3.05) is 0 Å². The lowest BCUT2D eigenvalue weighted by Crippen LogP contribution is -2.53. The Hall–Kier alpha value is -0.600. The van der Waals surface area contributed by atoms with Gasteiger partial charge in [0.1, 0.15) is 0 Å². The predicted octanol–water partition coefficient (Wildman–Crippen LogP) is 6.42. The summed E-state index contributed by atoms with van der Waals surface area (Å²) in [4.78, 5) is 0. The SMILES string of the molecule is C=C(C)CCC[C@](C)(O)[C@H]1CC[C@H]2C3CC=C4CC(O)CCC4(C)[C@H]3CCC21C. The van der Waals surface area contributed by atoms with Crippen LogP contribution >= 0.6 is 0 Å². The molecule has 0 radical (unpaired) electrons. The Kier molecular flexibility index (Phi) is 5.61. The smallest absolute Gasteiger partial charge is 0.0653 e. The van der Waals surface area contributed by atoms with Crippen LogP contribution in [0.4, 0.5) is 0 Å². The number of allylic oxidation sites excluding steroid dienone is 2. The van der Waals surface area contributed by atoms with E-state index in [0.717, 1.165) is 56.3 Å². The first kappa shape index (κ1) is 21.6. The van der Waals surface area contributed by atoms with Gasteiger partial charge < -0.3 is 10.2 Å². The van der Waals surface area contributed by atoms with Crippen molar-refractivity contribution in [3.63, 3.8) is 0 Å². The standard InChI is InChI=1S/C27H44O2/c1-18(2)7-6-14-27(5,29)24-11-10-22-21-9-8-19-17-20(28)12-15-25(19,3)23(21)13-16-26(22,24)4/h8,20-24,28-29H,1,6-7,9-17H2,2-5H3/t20?,21?,22-,23-,24-,25?,26?,27-/m0/s1. The monoisotopic (exact) mass is 400 g/mol. The zero-order valence-electron chi connectivity index (χ0n) is 19.3. The van der Waals surface area contributed by atoms with Gasteiger partial charge in [0.25, 0.3) is 0 Å². The van der Waals surface area contributed by atoms with Crippen LogP contribution in [0.5, 0.6) is 0 Å². The molecule has 0 aromatic carbocycles. The Morgan fingerprint density at radius 1 is 1.17 bits per heavy atom. The van der Waals surface area contributed by atoms with Gasteiger partial charge in [-0.25, -0.2) is 0 Å². The highest BCUT2D eigenvalue weighted by Crippen LogP contribution is 2.67. The maximum atomic E-state index is 11.5. The van der Waals surface area contributed by atoms with Crippen molar-refractivity contribution in [3.05, 3.63) is 23.8 Å². The van der Waals surface area contributed by atoms with Gasteiger partial charge in [0.15, 0.2) is 0 Å². The summed E-state index contributed by atoms with van der Waals surface area (Å²) in [5.74, 6) is 2.73. The van der Waals surface area contributed by atoms with Crippen LogP contribution in [-0.2, 0) is 0 Å². The van der Waals surface area contributed by atoms with Crippen LogP contribution in [0.1, 0.15) is 98.3 Å². The third kappa shape index (κ3) is 3.57. The second-order valence-electron chi connectivity index (χ2n) is 12.0. The van der Waals surface area contributed by atoms with E-state index in [2.05, 4.69) is 40.3 Å². The molecule has 4 rings (SSSR count). The highest BCUT2D eigenvalue weighted by molar-refractivity contribution is 5.25. The second-order valence-corrected chi connectivity index (χ2v) is 12.0. The molecule has 0 aromatic rings. The molecule has 8 atom stereocenters. The highest BCUT2D eigenvalue weighted by Gasteiger charge is 2.61. The van der Waals surface area contributed by atoms with E-state index in [1.807, 2.05) is 0 Å². The number of hydrogen-bond donors (Lipinski definition) is 2. The molecule has 0 bridgehead atoms. The van der Waals surface area contributed by atoms with E-state index >= 15 is 0 Å². The van der Waals surface area contributed by atoms with Crippen molar-refractivity contribution in [3.8, 4) is 0 Å². The first-order valence-electron chi connectivity index (χ1n) is 12.3. The van der Waals surface area contributed by atoms with E-state index in [0.29, 0.717) is 11.3 Å². The second kappa shape index (κ2) is 7.52. The fourth-order valence-electron chi connectivity index (χ4n) is 8.59. The minimum Gasteiger partial charge on any atom is -0.393 e. The van der Waals surface area contributed by atoms with Crippen LogP contribution in [0, 0.1) is 34.5 Å². The summed E-state index contributed by atoms with van der Waals surface area (Å²) in [7, 11) is 0. The van der Waals surface area contributed by atoms with Gasteiger partial charge in [-0.05, 0) is 119 Å². The summed E-state index contributed by atoms with van der Waals surface area (Å²) in [5.41, 5.74) is 2.82. The van der Waals surface area contributed by atoms with Gasteiger partial charge in [-0.15, -0.1) is 6.58 Å². The molecule has 4 aliphatic carbocycles. The topological polar surface area (TPSA) is 40.5 Å². The summed E-state index contributed by atoms with van der Waals surface area (Å²) in [6.45, 7) is 13.3. The molecule has 3 saturated carbocycles. The molecule has 0 aromatic heterocycles. The van der Waals surface area contributed by atoms with E-state index in [-0.39, 0.29) is 11.5 Å². The van der Waals surface area contributed by atoms with Gasteiger partial charge in [0, 0.05) is 0 Å². The molecule has 0 saturated heterocycles. The zero-order chi connectivity index (χ0) is 21.0. The fourth-order valence-corrected chi connectivity index (χ4v) is 8.59. The third-order valence-corrected chi connectivity index (χ3v) is 10.1. The molecule has 2 heteroatoms. The Morgan fingerprint density at radius 3 is 2.66 bits per heavy atom. The van der Waals surface area contributed by atoms with Crippen molar-refractivity contribution in [2.45, 2.75) is 110 Å². The molecule has 4 unspecified atom stereocenters. The van der Waals surface area contributed by atoms with Crippen molar-refractivity contribution >= 4 is 0 Å². The molecule has 2 nitrogen and oxygen atoms in total. The minimum absolute atomic E-state index is 0.120. The molecule has 0 spiro atoms. The van der Waals surface area contributed by atoms with Crippen LogP contribution in [0.25, 0.3) is 0 Å². The van der Waals surface area contributed by atoms with Crippen LogP contribution in [0.15, 0.2) is 23.8 Å². The number of aliphatic hydroxyl groups excluding tert-OH is 1. The summed E-state index contributed by atoms with van der Waals surface area (Å²) < 4.78 is 0. The molecular formula is C27H44O2. The first-order chi connectivity index (χ1) is 13.6. The van der Waals surface area contributed by atoms with Gasteiger partial charge in [-0.3, -0.25) is 0 Å². The third-order valence-electron chi connectivity index (χ3n) is 10.1. The molecule has 0 heterocycles. The lowest BCUT2D eigenvalue weighted by atomic mass is 9.46. The summed E-state index contributed by atoms with van der Waals surface area (Å²) >= 11 is 0.